The Morgan fingerprint density at radius 1 is 0.933 bits per heavy atom. The van der Waals surface area contributed by atoms with E-state index in [2.05, 4.69) is 66.3 Å². The van der Waals surface area contributed by atoms with Crippen LogP contribution in [-0.4, -0.2) is 178 Å². The first-order chi connectivity index (χ1) is 35.4. The third-order valence-corrected chi connectivity index (χ3v) is 13.9. The molecule has 18 nitrogen and oxygen atoms in total. The van der Waals surface area contributed by atoms with Crippen LogP contribution < -0.4 is 15.5 Å². The van der Waals surface area contributed by atoms with Gasteiger partial charge in [0.25, 0.3) is 5.91 Å². The third kappa shape index (κ3) is 17.7. The van der Waals surface area contributed by atoms with E-state index < -0.39 is 17.8 Å². The summed E-state index contributed by atoms with van der Waals surface area (Å²) in [5.41, 5.74) is 4.63. The number of hydrogen-bond donors (Lipinski definition) is 4. The van der Waals surface area contributed by atoms with E-state index in [1.54, 1.807) is 52.2 Å². The van der Waals surface area contributed by atoms with Gasteiger partial charge < -0.3 is 35.1 Å². The minimum atomic E-state index is -0.686. The number of anilines is 2. The Hall–Kier alpha value is -6.76. The number of pyridine rings is 1. The molecule has 1 aromatic carbocycles. The molecule has 3 aliphatic heterocycles. The van der Waals surface area contributed by atoms with Crippen LogP contribution in [0, 0.1) is 5.92 Å². The minimum absolute atomic E-state index is 0. The van der Waals surface area contributed by atoms with Crippen LogP contribution in [0.2, 0.25) is 0 Å². The molecule has 0 saturated carbocycles. The Kier molecular flexibility index (Phi) is 22.2. The molecule has 414 valence electrons. The second kappa shape index (κ2) is 28.2. The molecule has 75 heavy (non-hydrogen) atoms. The van der Waals surface area contributed by atoms with Crippen LogP contribution in [0.25, 0.3) is 11.1 Å². The average Bonchev–Trinajstić information content (AvgIpc) is 3.67. The van der Waals surface area contributed by atoms with Crippen LogP contribution in [0.5, 0.6) is 0 Å². The number of fused-ring (bicyclic) bond motifs is 1. The molecule has 3 fully saturated rings. The second-order valence-corrected chi connectivity index (χ2v) is 21.0. The number of nitrogens with one attached hydrogen (secondary N) is 2. The molecule has 0 radical (unpaired) electrons. The quantitative estimate of drug-likeness (QED) is 0.0855. The smallest absolute Gasteiger partial charge is 0.412 e. The zero-order chi connectivity index (χ0) is 53.4. The summed E-state index contributed by atoms with van der Waals surface area (Å²) in [5.74, 6) is 1.59. The summed E-state index contributed by atoms with van der Waals surface area (Å²) in [6.45, 7) is 20.9. The first-order valence-corrected chi connectivity index (χ1v) is 26.5. The number of aliphatic hydroxyl groups excluding tert-OH is 1. The van der Waals surface area contributed by atoms with Crippen molar-refractivity contribution in [3.63, 3.8) is 0 Å². The van der Waals surface area contributed by atoms with Crippen molar-refractivity contribution in [3.05, 3.63) is 101 Å². The van der Waals surface area contributed by atoms with Gasteiger partial charge in [0, 0.05) is 108 Å². The summed E-state index contributed by atoms with van der Waals surface area (Å²) in [6.07, 6.45) is 15.2. The molecule has 0 spiro atoms. The number of benzene rings is 1. The minimum Gasteiger partial charge on any atom is -0.444 e. The SMILES string of the molecule is CCc1cccc(-c2cnc(C(=O)N3CCN(CC4CCN(CC(=O)NCCN(C)O)CC4)CC3)c(NC(=O)OC(C)(C)C)c2)c1.C\C=C/C(Cl)=C\C=C\CC(=O)N1CCN(c2ncnc3c2[C@H](C)CC3O)CC1.[Fm]. The van der Waals surface area contributed by atoms with Crippen molar-refractivity contribution in [2.75, 3.05) is 109 Å². The number of amides is 4. The zero-order valence-electron chi connectivity index (χ0n) is 44.7. The summed E-state index contributed by atoms with van der Waals surface area (Å²) < 4.78 is 5.50. The van der Waals surface area contributed by atoms with Gasteiger partial charge in [-0.2, -0.15) is 5.06 Å². The van der Waals surface area contributed by atoms with Crippen molar-refractivity contribution in [3.8, 4) is 11.1 Å². The number of nitrogens with zero attached hydrogens (tertiary/aromatic N) is 9. The third-order valence-electron chi connectivity index (χ3n) is 13.6. The van der Waals surface area contributed by atoms with E-state index in [0.717, 1.165) is 98.3 Å². The number of piperazine rings is 2. The van der Waals surface area contributed by atoms with Gasteiger partial charge in [-0.1, -0.05) is 67.9 Å². The normalized spacial score (nSPS) is 18.9. The first-order valence-electron chi connectivity index (χ1n) is 26.1. The second-order valence-electron chi connectivity index (χ2n) is 20.5. The fourth-order valence-corrected chi connectivity index (χ4v) is 9.86. The number of allylic oxidation sites excluding steroid dienone is 5. The number of aromatic nitrogens is 3. The number of hydroxylamine groups is 2. The van der Waals surface area contributed by atoms with Crippen LogP contribution in [-0.2, 0) is 20.7 Å². The number of carbonyl (C=O) groups is 4. The molecule has 2 aromatic heterocycles. The van der Waals surface area contributed by atoms with Crippen molar-refractivity contribution in [1.29, 1.82) is 0 Å². The average molecular weight is 1300 g/mol. The van der Waals surface area contributed by atoms with Gasteiger partial charge in [0.2, 0.25) is 11.8 Å². The molecule has 3 aromatic rings. The number of ether oxygens (including phenoxy) is 1. The molecule has 20 heteroatoms. The van der Waals surface area contributed by atoms with Crippen LogP contribution in [0.15, 0.2) is 78.3 Å². The van der Waals surface area contributed by atoms with Crippen molar-refractivity contribution in [2.45, 2.75) is 91.3 Å². The molecular weight excluding hydrogens is 1220 g/mol. The summed E-state index contributed by atoms with van der Waals surface area (Å²) >= 11 is 5.97. The molecule has 5 heterocycles. The van der Waals surface area contributed by atoms with Gasteiger partial charge in [-0.3, -0.25) is 29.5 Å². The number of halogens is 1. The van der Waals surface area contributed by atoms with Crippen LogP contribution >= 0.6 is 11.6 Å². The Bertz CT molecular complexity index is 2460. The summed E-state index contributed by atoms with van der Waals surface area (Å²) in [4.78, 5) is 75.0. The van der Waals surface area contributed by atoms with Gasteiger partial charge in [-0.15, -0.1) is 0 Å². The summed E-state index contributed by atoms with van der Waals surface area (Å²) in [5, 5.41) is 26.7. The monoisotopic (exact) mass is 1300 g/mol. The van der Waals surface area contributed by atoms with E-state index >= 15 is 0 Å². The van der Waals surface area contributed by atoms with Crippen molar-refractivity contribution < 1.29 is 34.2 Å². The van der Waals surface area contributed by atoms with Gasteiger partial charge in [0.1, 0.15) is 17.7 Å². The van der Waals surface area contributed by atoms with Crippen molar-refractivity contribution in [2.24, 2.45) is 5.92 Å². The van der Waals surface area contributed by atoms with Crippen LogP contribution in [0.1, 0.15) is 107 Å². The molecule has 2 atom stereocenters. The molecule has 4 N–H and O–H groups in total. The predicted molar refractivity (Wildman–Crippen MR) is 289 cm³/mol. The largest absolute Gasteiger partial charge is 0.444 e. The number of aliphatic hydroxyl groups is 1. The maximum Gasteiger partial charge on any atom is 0.412 e. The van der Waals surface area contributed by atoms with E-state index in [0.29, 0.717) is 75.3 Å². The Labute approximate surface area is 442 Å². The Morgan fingerprint density at radius 3 is 2.31 bits per heavy atom. The molecule has 0 bridgehead atoms. The van der Waals surface area contributed by atoms with E-state index in [-0.39, 0.29) is 29.3 Å². The molecule has 4 aliphatic rings. The summed E-state index contributed by atoms with van der Waals surface area (Å²) in [6, 6.07) is 9.96. The molecule has 4 amide bonds. The summed E-state index contributed by atoms with van der Waals surface area (Å²) in [7, 11) is 1.56. The molecule has 1 aliphatic carbocycles. The standard InChI is InChI=1S/C34H51N7O5.C21H27ClN4O2.Fm/c1-6-25-8-7-9-27(20-25)28-21-29(37-33(44)46-34(2,3)4)31(36-22-28)32(43)41-18-16-40(17-19-41)23-26-10-13-39(14-11-26)24-30(42)35-12-15-38(5)45;1-3-6-16(22)7-4-5-8-18(28)25-9-11-26(12-10-25)21-19-15(2)13-17(27)20(19)23-14-24-21;/h7-9,20-22,26,45H,6,10-19,23-24H2,1-5H3,(H,35,42)(H,37,44);3-7,14-15,17,27H,8-13H2,1-2H3;/b;5-4+,6-3-,16-7+;/t;15-,17?;/m.1./s1. The van der Waals surface area contributed by atoms with Crippen LogP contribution in [0.4, 0.5) is 16.3 Å². The van der Waals surface area contributed by atoms with E-state index in [1.807, 2.05) is 47.1 Å². The van der Waals surface area contributed by atoms with E-state index in [1.165, 1.54) is 11.9 Å². The number of likely N-dealkylation sites (tertiary alicyclic amines) is 1. The number of rotatable bonds is 16. The van der Waals surface area contributed by atoms with Crippen molar-refractivity contribution >= 4 is 46.9 Å². The van der Waals surface area contributed by atoms with Crippen LogP contribution in [0.3, 0.4) is 0 Å². The van der Waals surface area contributed by atoms with Gasteiger partial charge in [-0.05, 0) is 108 Å². The predicted octanol–water partition coefficient (Wildman–Crippen LogP) is 6.88. The maximum absolute atomic E-state index is 13.8. The topological polar surface area (TPSA) is 200 Å². The van der Waals surface area contributed by atoms with Gasteiger partial charge >= 0.3 is 6.09 Å². The number of hydrogen-bond acceptors (Lipinski definition) is 14. The van der Waals surface area contributed by atoms with Gasteiger partial charge in [0.05, 0.1) is 24.0 Å². The van der Waals surface area contributed by atoms with E-state index in [9.17, 15) is 29.5 Å². The first kappa shape index (κ1) is 59.1. The molecule has 7 rings (SSSR count). The van der Waals surface area contributed by atoms with E-state index in [4.69, 9.17) is 16.3 Å². The van der Waals surface area contributed by atoms with Gasteiger partial charge in [0.15, 0.2) is 5.69 Å². The maximum atomic E-state index is 13.8. The van der Waals surface area contributed by atoms with Gasteiger partial charge in [-0.25, -0.2) is 19.7 Å². The molecular formula is C55H78ClFmN11O7. The molecule has 1 unspecified atom stereocenters. The number of carbonyl (C=O) groups excluding carboxylic acids is 4. The fourth-order valence-electron chi connectivity index (χ4n) is 9.66. The number of piperidine rings is 1. The Morgan fingerprint density at radius 2 is 1.64 bits per heavy atom. The Balaban J connectivity index is 0.000000307. The molecule has 3 saturated heterocycles. The zero-order valence-corrected chi connectivity index (χ0v) is 47.9. The fraction of sp³-hybridized carbons (Fsp3) is 0.545. The number of likely N-dealkylation sites (N-methyl/N-ethyl adjacent to an activating group) is 1. The van der Waals surface area contributed by atoms with Crippen molar-refractivity contribution in [1.82, 2.24) is 44.9 Å². The number of aryl methyl sites for hydroxylation is 1.